The van der Waals surface area contributed by atoms with Crippen LogP contribution in [-0.2, 0) is 11.2 Å². The Kier molecular flexibility index (Phi) is 4.80. The number of carboxylic acid groups (broad SMARTS) is 1. The summed E-state index contributed by atoms with van der Waals surface area (Å²) < 4.78 is 0. The second-order valence-corrected chi connectivity index (χ2v) is 6.34. The van der Waals surface area contributed by atoms with Crippen LogP contribution >= 0.6 is 11.3 Å². The maximum atomic E-state index is 11.1. The normalized spacial score (nSPS) is 18.2. The van der Waals surface area contributed by atoms with Gasteiger partial charge in [-0.15, -0.1) is 11.3 Å². The Morgan fingerprint density at radius 1 is 1.47 bits per heavy atom. The van der Waals surface area contributed by atoms with Crippen molar-refractivity contribution >= 4 is 22.4 Å². The van der Waals surface area contributed by atoms with E-state index in [2.05, 4.69) is 22.6 Å². The summed E-state index contributed by atoms with van der Waals surface area (Å²) in [7, 11) is 0. The Hall–Kier alpha value is -1.10. The SMILES string of the molecule is CCc1csc(NCC2(CC(=O)O)CCCCC2)n1. The summed E-state index contributed by atoms with van der Waals surface area (Å²) in [6.45, 7) is 2.82. The molecule has 5 heteroatoms. The van der Waals surface area contributed by atoms with E-state index >= 15 is 0 Å². The van der Waals surface area contributed by atoms with E-state index in [4.69, 9.17) is 5.11 Å². The van der Waals surface area contributed by atoms with Crippen molar-refractivity contribution in [1.82, 2.24) is 4.98 Å². The summed E-state index contributed by atoms with van der Waals surface area (Å²) in [5, 5.41) is 15.5. The Bertz CT molecular complexity index is 425. The maximum absolute atomic E-state index is 11.1. The van der Waals surface area contributed by atoms with Crippen LogP contribution in [0.3, 0.4) is 0 Å². The Balaban J connectivity index is 1.97. The molecule has 106 valence electrons. The fourth-order valence-corrected chi connectivity index (χ4v) is 3.64. The monoisotopic (exact) mass is 282 g/mol. The number of hydrogen-bond donors (Lipinski definition) is 2. The first kappa shape index (κ1) is 14.3. The molecule has 0 radical (unpaired) electrons. The van der Waals surface area contributed by atoms with Crippen LogP contribution in [0.25, 0.3) is 0 Å². The van der Waals surface area contributed by atoms with Crippen LogP contribution < -0.4 is 5.32 Å². The number of aryl methyl sites for hydroxylation is 1. The quantitative estimate of drug-likeness (QED) is 0.837. The molecule has 2 N–H and O–H groups in total. The van der Waals surface area contributed by atoms with Crippen LogP contribution in [0.1, 0.15) is 51.1 Å². The van der Waals surface area contributed by atoms with E-state index in [0.717, 1.165) is 49.5 Å². The van der Waals surface area contributed by atoms with E-state index in [9.17, 15) is 4.79 Å². The highest BCUT2D eigenvalue weighted by Crippen LogP contribution is 2.39. The highest BCUT2D eigenvalue weighted by molar-refractivity contribution is 7.13. The third-order valence-electron chi connectivity index (χ3n) is 3.97. The van der Waals surface area contributed by atoms with Gasteiger partial charge in [-0.2, -0.15) is 0 Å². The van der Waals surface area contributed by atoms with E-state index in [0.29, 0.717) is 0 Å². The number of carbonyl (C=O) groups is 1. The summed E-state index contributed by atoms with van der Waals surface area (Å²) in [5.74, 6) is -0.683. The Labute approximate surface area is 118 Å². The van der Waals surface area contributed by atoms with E-state index in [1.165, 1.54) is 6.42 Å². The average Bonchev–Trinajstić information content (AvgIpc) is 2.85. The lowest BCUT2D eigenvalue weighted by atomic mass is 9.72. The molecule has 4 nitrogen and oxygen atoms in total. The molecule has 0 aromatic carbocycles. The number of aromatic nitrogens is 1. The number of carboxylic acids is 1. The molecule has 1 fully saturated rings. The molecule has 1 aliphatic carbocycles. The van der Waals surface area contributed by atoms with Gasteiger partial charge in [0.2, 0.25) is 0 Å². The molecule has 1 heterocycles. The van der Waals surface area contributed by atoms with E-state index in [1.807, 2.05) is 0 Å². The van der Waals surface area contributed by atoms with E-state index in [1.54, 1.807) is 11.3 Å². The van der Waals surface area contributed by atoms with Crippen LogP contribution in [-0.4, -0.2) is 22.6 Å². The topological polar surface area (TPSA) is 62.2 Å². The van der Waals surface area contributed by atoms with Gasteiger partial charge < -0.3 is 10.4 Å². The van der Waals surface area contributed by atoms with Crippen molar-refractivity contribution in [3.63, 3.8) is 0 Å². The average molecular weight is 282 g/mol. The van der Waals surface area contributed by atoms with Crippen LogP contribution in [0, 0.1) is 5.41 Å². The van der Waals surface area contributed by atoms with Gasteiger partial charge in [0.1, 0.15) is 0 Å². The number of aliphatic carboxylic acids is 1. The van der Waals surface area contributed by atoms with Gasteiger partial charge in [-0.3, -0.25) is 4.79 Å². The molecule has 0 saturated heterocycles. The number of anilines is 1. The van der Waals surface area contributed by atoms with E-state index in [-0.39, 0.29) is 11.8 Å². The zero-order chi connectivity index (χ0) is 13.7. The minimum absolute atomic E-state index is 0.0812. The number of nitrogens with zero attached hydrogens (tertiary/aromatic N) is 1. The van der Waals surface area contributed by atoms with Gasteiger partial charge in [0.05, 0.1) is 12.1 Å². The van der Waals surface area contributed by atoms with Crippen LogP contribution in [0.2, 0.25) is 0 Å². The van der Waals surface area contributed by atoms with Crippen molar-refractivity contribution < 1.29 is 9.90 Å². The minimum Gasteiger partial charge on any atom is -0.481 e. The third kappa shape index (κ3) is 3.93. The lowest BCUT2D eigenvalue weighted by Gasteiger charge is -2.36. The van der Waals surface area contributed by atoms with Crippen molar-refractivity contribution in [3.8, 4) is 0 Å². The van der Waals surface area contributed by atoms with Gasteiger partial charge in [-0.25, -0.2) is 4.98 Å². The second kappa shape index (κ2) is 6.37. The molecule has 1 aliphatic rings. The highest BCUT2D eigenvalue weighted by Gasteiger charge is 2.34. The lowest BCUT2D eigenvalue weighted by molar-refractivity contribution is -0.140. The maximum Gasteiger partial charge on any atom is 0.303 e. The Morgan fingerprint density at radius 3 is 2.79 bits per heavy atom. The van der Waals surface area contributed by atoms with Crippen LogP contribution in [0.5, 0.6) is 0 Å². The van der Waals surface area contributed by atoms with Gasteiger partial charge in [0.15, 0.2) is 5.13 Å². The molecule has 1 aromatic rings. The highest BCUT2D eigenvalue weighted by atomic mass is 32.1. The number of hydrogen-bond acceptors (Lipinski definition) is 4. The largest absolute Gasteiger partial charge is 0.481 e. The summed E-state index contributed by atoms with van der Waals surface area (Å²) >= 11 is 1.61. The summed E-state index contributed by atoms with van der Waals surface area (Å²) in [6.07, 6.45) is 6.76. The Morgan fingerprint density at radius 2 is 2.21 bits per heavy atom. The van der Waals surface area contributed by atoms with Crippen LogP contribution in [0.4, 0.5) is 5.13 Å². The number of nitrogens with one attached hydrogen (secondary N) is 1. The molecule has 19 heavy (non-hydrogen) atoms. The van der Waals surface area contributed by atoms with Gasteiger partial charge in [0, 0.05) is 11.9 Å². The molecule has 0 amide bonds. The first-order valence-electron chi connectivity index (χ1n) is 7.04. The van der Waals surface area contributed by atoms with Gasteiger partial charge in [0.25, 0.3) is 0 Å². The first-order chi connectivity index (χ1) is 9.13. The molecule has 0 aliphatic heterocycles. The summed E-state index contributed by atoms with van der Waals surface area (Å²) in [5.41, 5.74) is 1.02. The molecule has 0 bridgehead atoms. The third-order valence-corrected chi connectivity index (χ3v) is 4.82. The zero-order valence-electron chi connectivity index (χ0n) is 11.4. The fraction of sp³-hybridized carbons (Fsp3) is 0.714. The van der Waals surface area contributed by atoms with Crippen molar-refractivity contribution in [2.24, 2.45) is 5.41 Å². The van der Waals surface area contributed by atoms with Crippen molar-refractivity contribution in [2.45, 2.75) is 51.9 Å². The molecular weight excluding hydrogens is 260 g/mol. The van der Waals surface area contributed by atoms with E-state index < -0.39 is 5.97 Å². The first-order valence-corrected chi connectivity index (χ1v) is 7.92. The second-order valence-electron chi connectivity index (χ2n) is 5.48. The molecule has 0 spiro atoms. The molecule has 0 atom stereocenters. The molecule has 1 saturated carbocycles. The number of rotatable bonds is 6. The minimum atomic E-state index is -0.683. The summed E-state index contributed by atoms with van der Waals surface area (Å²) in [4.78, 5) is 15.6. The zero-order valence-corrected chi connectivity index (χ0v) is 12.3. The summed E-state index contributed by atoms with van der Waals surface area (Å²) in [6, 6.07) is 0. The predicted molar refractivity (Wildman–Crippen MR) is 77.8 cm³/mol. The molecule has 1 aromatic heterocycles. The lowest BCUT2D eigenvalue weighted by Crippen LogP contribution is -2.34. The van der Waals surface area contributed by atoms with Gasteiger partial charge in [-0.05, 0) is 24.7 Å². The van der Waals surface area contributed by atoms with Crippen LogP contribution in [0.15, 0.2) is 5.38 Å². The molecule has 0 unspecified atom stereocenters. The standard InChI is InChI=1S/C14H22N2O2S/c1-2-11-9-19-13(16-11)15-10-14(8-12(17)18)6-4-3-5-7-14/h9H,2-8,10H2,1H3,(H,15,16)(H,17,18). The van der Waals surface area contributed by atoms with Crippen molar-refractivity contribution in [2.75, 3.05) is 11.9 Å². The van der Waals surface area contributed by atoms with Crippen molar-refractivity contribution in [1.29, 1.82) is 0 Å². The van der Waals surface area contributed by atoms with Gasteiger partial charge in [-0.1, -0.05) is 26.2 Å². The van der Waals surface area contributed by atoms with Crippen molar-refractivity contribution in [3.05, 3.63) is 11.1 Å². The molecule has 2 rings (SSSR count). The number of thiazole rings is 1. The smallest absolute Gasteiger partial charge is 0.303 e. The predicted octanol–water partition coefficient (Wildman–Crippen LogP) is 3.54. The fourth-order valence-electron chi connectivity index (χ4n) is 2.85. The van der Waals surface area contributed by atoms with Gasteiger partial charge >= 0.3 is 5.97 Å². The molecular formula is C14H22N2O2S.